The van der Waals surface area contributed by atoms with Gasteiger partial charge in [-0.05, 0) is 54.4 Å². The van der Waals surface area contributed by atoms with Gasteiger partial charge in [0, 0.05) is 12.1 Å². The van der Waals surface area contributed by atoms with Crippen molar-refractivity contribution in [2.45, 2.75) is 18.9 Å². The molecule has 1 unspecified atom stereocenters. The molecule has 2 aromatic rings. The number of rotatable bonds is 6. The minimum absolute atomic E-state index is 0.0181. The van der Waals surface area contributed by atoms with Gasteiger partial charge < -0.3 is 19.9 Å². The first-order valence-corrected chi connectivity index (χ1v) is 7.72. The largest absolute Gasteiger partial charge is 0.491 e. The van der Waals surface area contributed by atoms with Gasteiger partial charge in [0.1, 0.15) is 36.6 Å². The van der Waals surface area contributed by atoms with Crippen LogP contribution in [0.25, 0.3) is 0 Å². The van der Waals surface area contributed by atoms with E-state index in [-0.39, 0.29) is 24.9 Å². The molecule has 0 saturated heterocycles. The van der Waals surface area contributed by atoms with Gasteiger partial charge in [0.05, 0.1) is 0 Å². The smallest absolute Gasteiger partial charge is 0.224 e. The summed E-state index contributed by atoms with van der Waals surface area (Å²) >= 11 is 0. The molecule has 1 aliphatic rings. The number of amides is 1. The normalized spacial score (nSPS) is 14.5. The lowest BCUT2D eigenvalue weighted by molar-refractivity contribution is -0.116. The number of anilines is 1. The van der Waals surface area contributed by atoms with Crippen LogP contribution in [0.15, 0.2) is 42.5 Å². The molecule has 1 atom stereocenters. The Morgan fingerprint density at radius 3 is 2.46 bits per heavy atom. The van der Waals surface area contributed by atoms with E-state index in [9.17, 15) is 14.3 Å². The van der Waals surface area contributed by atoms with Gasteiger partial charge in [-0.25, -0.2) is 4.39 Å². The lowest BCUT2D eigenvalue weighted by Crippen LogP contribution is -2.25. The summed E-state index contributed by atoms with van der Waals surface area (Å²) in [4.78, 5) is 11.3. The molecule has 3 rings (SSSR count). The Kier molecular flexibility index (Phi) is 4.96. The van der Waals surface area contributed by atoms with Gasteiger partial charge in [-0.3, -0.25) is 4.79 Å². The third kappa shape index (κ3) is 4.23. The van der Waals surface area contributed by atoms with Gasteiger partial charge in [0.2, 0.25) is 5.91 Å². The predicted octanol–water partition coefficient (Wildman–Crippen LogP) is 2.53. The van der Waals surface area contributed by atoms with E-state index in [2.05, 4.69) is 5.32 Å². The Morgan fingerprint density at radius 1 is 1.04 bits per heavy atom. The number of aliphatic hydroxyl groups excluding tert-OH is 1. The third-order valence-corrected chi connectivity index (χ3v) is 3.67. The summed E-state index contributed by atoms with van der Waals surface area (Å²) < 4.78 is 23.7. The van der Waals surface area contributed by atoms with Crippen LogP contribution in [0.1, 0.15) is 12.0 Å². The van der Waals surface area contributed by atoms with E-state index in [1.54, 1.807) is 12.1 Å². The fourth-order valence-electron chi connectivity index (χ4n) is 2.41. The molecule has 0 aliphatic carbocycles. The summed E-state index contributed by atoms with van der Waals surface area (Å²) in [6.07, 6.45) is 0.324. The highest BCUT2D eigenvalue weighted by atomic mass is 19.1. The standard InChI is InChI=1S/C18H18FNO4/c19-13-2-4-15(5-3-13)23-10-14(21)11-24-16-6-7-17-12(9-16)1-8-18(22)20-17/h2-7,9,14,21H,1,8,10-11H2,(H,20,22). The average Bonchev–Trinajstić information content (AvgIpc) is 2.59. The number of hydrogen-bond acceptors (Lipinski definition) is 4. The summed E-state index contributed by atoms with van der Waals surface area (Å²) in [5, 5.41) is 12.7. The Morgan fingerprint density at radius 2 is 1.71 bits per heavy atom. The Labute approximate surface area is 139 Å². The molecule has 0 fully saturated rings. The summed E-state index contributed by atoms with van der Waals surface area (Å²) in [5.74, 6) is 0.796. The van der Waals surface area contributed by atoms with E-state index in [4.69, 9.17) is 9.47 Å². The van der Waals surface area contributed by atoms with Crippen LogP contribution < -0.4 is 14.8 Å². The molecule has 1 amide bonds. The van der Waals surface area contributed by atoms with Crippen LogP contribution in [0.5, 0.6) is 11.5 Å². The van der Waals surface area contributed by atoms with E-state index < -0.39 is 6.10 Å². The zero-order chi connectivity index (χ0) is 16.9. The Bertz CT molecular complexity index is 717. The number of aryl methyl sites for hydroxylation is 1. The third-order valence-electron chi connectivity index (χ3n) is 3.67. The van der Waals surface area contributed by atoms with Crippen LogP contribution in [-0.2, 0) is 11.2 Å². The monoisotopic (exact) mass is 331 g/mol. The van der Waals surface area contributed by atoms with Crippen LogP contribution in [0, 0.1) is 5.82 Å². The fourth-order valence-corrected chi connectivity index (χ4v) is 2.41. The van der Waals surface area contributed by atoms with E-state index >= 15 is 0 Å². The second kappa shape index (κ2) is 7.31. The van der Waals surface area contributed by atoms with Gasteiger partial charge in [-0.1, -0.05) is 0 Å². The van der Waals surface area contributed by atoms with Gasteiger partial charge in [0.15, 0.2) is 0 Å². The minimum Gasteiger partial charge on any atom is -0.491 e. The van der Waals surface area contributed by atoms with Crippen LogP contribution in [0.3, 0.4) is 0 Å². The Balaban J connectivity index is 1.48. The zero-order valence-corrected chi connectivity index (χ0v) is 13.0. The van der Waals surface area contributed by atoms with Crippen molar-refractivity contribution in [1.29, 1.82) is 0 Å². The molecule has 1 aliphatic heterocycles. The zero-order valence-electron chi connectivity index (χ0n) is 13.0. The maximum Gasteiger partial charge on any atom is 0.224 e. The van der Waals surface area contributed by atoms with Crippen molar-refractivity contribution in [1.82, 2.24) is 0 Å². The lowest BCUT2D eigenvalue weighted by atomic mass is 10.0. The van der Waals surface area contributed by atoms with Crippen LogP contribution in [0.4, 0.5) is 10.1 Å². The molecule has 0 spiro atoms. The summed E-state index contributed by atoms with van der Waals surface area (Å²) in [5.41, 5.74) is 1.82. The fraction of sp³-hybridized carbons (Fsp3) is 0.278. The molecule has 5 nitrogen and oxygen atoms in total. The number of hydrogen-bond donors (Lipinski definition) is 2. The molecule has 2 N–H and O–H groups in total. The first kappa shape index (κ1) is 16.3. The van der Waals surface area contributed by atoms with Crippen LogP contribution in [0.2, 0.25) is 0 Å². The second-order valence-corrected chi connectivity index (χ2v) is 5.60. The predicted molar refractivity (Wildman–Crippen MR) is 86.8 cm³/mol. The number of carbonyl (C=O) groups is 1. The molecule has 0 radical (unpaired) electrons. The molecule has 6 heteroatoms. The highest BCUT2D eigenvalue weighted by Crippen LogP contribution is 2.26. The van der Waals surface area contributed by atoms with E-state index in [0.29, 0.717) is 24.3 Å². The molecule has 2 aromatic carbocycles. The molecule has 0 saturated carbocycles. The highest BCUT2D eigenvalue weighted by molar-refractivity contribution is 5.93. The first-order valence-electron chi connectivity index (χ1n) is 7.72. The van der Waals surface area contributed by atoms with Gasteiger partial charge in [0.25, 0.3) is 0 Å². The van der Waals surface area contributed by atoms with Crippen molar-refractivity contribution in [3.63, 3.8) is 0 Å². The number of carbonyl (C=O) groups excluding carboxylic acids is 1. The van der Waals surface area contributed by atoms with Crippen molar-refractivity contribution in [2.75, 3.05) is 18.5 Å². The Hall–Kier alpha value is -2.60. The van der Waals surface area contributed by atoms with Crippen LogP contribution >= 0.6 is 0 Å². The van der Waals surface area contributed by atoms with Crippen molar-refractivity contribution < 1.29 is 23.8 Å². The quantitative estimate of drug-likeness (QED) is 0.853. The molecular formula is C18H18FNO4. The van der Waals surface area contributed by atoms with Crippen molar-refractivity contribution in [3.05, 3.63) is 53.8 Å². The van der Waals surface area contributed by atoms with Gasteiger partial charge in [-0.15, -0.1) is 0 Å². The molecular weight excluding hydrogens is 313 g/mol. The molecule has 0 aromatic heterocycles. The lowest BCUT2D eigenvalue weighted by Gasteiger charge is -2.18. The minimum atomic E-state index is -0.814. The summed E-state index contributed by atoms with van der Waals surface area (Å²) in [6, 6.07) is 11.0. The van der Waals surface area contributed by atoms with Crippen molar-refractivity contribution in [2.24, 2.45) is 0 Å². The van der Waals surface area contributed by atoms with E-state index in [1.165, 1.54) is 24.3 Å². The summed E-state index contributed by atoms with van der Waals surface area (Å²) in [6.45, 7) is 0.124. The first-order chi connectivity index (χ1) is 11.6. The van der Waals surface area contributed by atoms with E-state index in [1.807, 2.05) is 6.07 Å². The highest BCUT2D eigenvalue weighted by Gasteiger charge is 2.15. The molecule has 1 heterocycles. The number of halogens is 1. The average molecular weight is 331 g/mol. The van der Waals surface area contributed by atoms with Crippen molar-refractivity contribution >= 4 is 11.6 Å². The number of fused-ring (bicyclic) bond motifs is 1. The topological polar surface area (TPSA) is 67.8 Å². The summed E-state index contributed by atoms with van der Waals surface area (Å²) in [7, 11) is 0. The SMILES string of the molecule is O=C1CCc2cc(OCC(O)COc3ccc(F)cc3)ccc2N1. The number of ether oxygens (including phenoxy) is 2. The molecule has 24 heavy (non-hydrogen) atoms. The van der Waals surface area contributed by atoms with Crippen LogP contribution in [-0.4, -0.2) is 30.3 Å². The van der Waals surface area contributed by atoms with Crippen molar-refractivity contribution in [3.8, 4) is 11.5 Å². The maximum absolute atomic E-state index is 12.8. The maximum atomic E-state index is 12.8. The molecule has 0 bridgehead atoms. The van der Waals surface area contributed by atoms with E-state index in [0.717, 1.165) is 11.3 Å². The van der Waals surface area contributed by atoms with Gasteiger partial charge >= 0.3 is 0 Å². The second-order valence-electron chi connectivity index (χ2n) is 5.60. The molecule has 126 valence electrons. The van der Waals surface area contributed by atoms with Gasteiger partial charge in [-0.2, -0.15) is 0 Å². The number of nitrogens with one attached hydrogen (secondary N) is 1. The number of benzene rings is 2. The number of aliphatic hydroxyl groups is 1.